The molecule has 1 saturated heterocycles. The number of piperazine rings is 1. The van der Waals surface area contributed by atoms with Crippen molar-refractivity contribution in [1.29, 1.82) is 0 Å². The van der Waals surface area contributed by atoms with Gasteiger partial charge in [-0.2, -0.15) is 0 Å². The molecule has 2 amide bonds. The van der Waals surface area contributed by atoms with Crippen LogP contribution in [0.25, 0.3) is 0 Å². The topological polar surface area (TPSA) is 79.8 Å². The summed E-state index contributed by atoms with van der Waals surface area (Å²) in [5, 5.41) is 0. The van der Waals surface area contributed by atoms with E-state index in [0.29, 0.717) is 24.4 Å². The summed E-state index contributed by atoms with van der Waals surface area (Å²) in [4.78, 5) is 27.4. The molecule has 0 radical (unpaired) electrons. The van der Waals surface area contributed by atoms with Gasteiger partial charge in [-0.3, -0.25) is 14.5 Å². The fourth-order valence-electron chi connectivity index (χ4n) is 2.70. The van der Waals surface area contributed by atoms with E-state index in [4.69, 9.17) is 10.2 Å². The van der Waals surface area contributed by atoms with Crippen molar-refractivity contribution in [2.75, 3.05) is 26.2 Å². The predicted octanol–water partition coefficient (Wildman–Crippen LogP) is 1.34. The molecule has 0 atom stereocenters. The summed E-state index contributed by atoms with van der Waals surface area (Å²) < 4.78 is 5.16. The Morgan fingerprint density at radius 1 is 1.04 bits per heavy atom. The van der Waals surface area contributed by atoms with Crippen molar-refractivity contribution in [3.63, 3.8) is 0 Å². The maximum absolute atomic E-state index is 12.2. The third kappa shape index (κ3) is 3.60. The Labute approximate surface area is 134 Å². The van der Waals surface area contributed by atoms with E-state index in [9.17, 15) is 9.59 Å². The fourth-order valence-corrected chi connectivity index (χ4v) is 2.70. The highest BCUT2D eigenvalue weighted by atomic mass is 16.3. The summed E-state index contributed by atoms with van der Waals surface area (Å²) in [5.74, 6) is -0.0810. The third-order valence-corrected chi connectivity index (χ3v) is 4.04. The summed E-state index contributed by atoms with van der Waals surface area (Å²) in [6, 6.07) is 10.7. The van der Waals surface area contributed by atoms with Gasteiger partial charge in [0, 0.05) is 38.3 Å². The SMILES string of the molecule is NC(=O)c1ccc(CN2CCN(C(=O)c3ccco3)CC2)cc1. The molecule has 1 aromatic heterocycles. The van der Waals surface area contributed by atoms with Crippen molar-refractivity contribution in [2.45, 2.75) is 6.54 Å². The maximum atomic E-state index is 12.2. The number of furan rings is 1. The third-order valence-electron chi connectivity index (χ3n) is 4.04. The molecule has 1 aromatic carbocycles. The Balaban J connectivity index is 1.53. The highest BCUT2D eigenvalue weighted by molar-refractivity contribution is 5.92. The van der Waals surface area contributed by atoms with Crippen LogP contribution in [0.3, 0.4) is 0 Å². The number of benzene rings is 1. The second-order valence-corrected chi connectivity index (χ2v) is 5.61. The van der Waals surface area contributed by atoms with Gasteiger partial charge in [0.05, 0.1) is 6.26 Å². The second-order valence-electron chi connectivity index (χ2n) is 5.61. The zero-order valence-corrected chi connectivity index (χ0v) is 12.8. The lowest BCUT2D eigenvalue weighted by molar-refractivity contribution is 0.0598. The summed E-state index contributed by atoms with van der Waals surface area (Å²) in [6.07, 6.45) is 1.51. The van der Waals surface area contributed by atoms with Crippen LogP contribution in [0.2, 0.25) is 0 Å². The molecule has 1 fully saturated rings. The number of carbonyl (C=O) groups is 2. The first-order valence-electron chi connectivity index (χ1n) is 7.57. The zero-order valence-electron chi connectivity index (χ0n) is 12.8. The molecule has 0 aliphatic carbocycles. The molecule has 0 spiro atoms. The number of carbonyl (C=O) groups excluding carboxylic acids is 2. The standard InChI is InChI=1S/C17H19N3O3/c18-16(21)14-5-3-13(4-6-14)12-19-7-9-20(10-8-19)17(22)15-2-1-11-23-15/h1-6,11H,7-10,12H2,(H2,18,21). The summed E-state index contributed by atoms with van der Waals surface area (Å²) in [6.45, 7) is 3.77. The number of nitrogens with two attached hydrogens (primary N) is 1. The molecule has 23 heavy (non-hydrogen) atoms. The fraction of sp³-hybridized carbons (Fsp3) is 0.294. The number of amides is 2. The molecule has 1 aliphatic rings. The molecule has 120 valence electrons. The van der Waals surface area contributed by atoms with Crippen LogP contribution in [0.5, 0.6) is 0 Å². The van der Waals surface area contributed by atoms with Gasteiger partial charge in [0.15, 0.2) is 5.76 Å². The van der Waals surface area contributed by atoms with E-state index in [1.807, 2.05) is 17.0 Å². The van der Waals surface area contributed by atoms with Crippen molar-refractivity contribution < 1.29 is 14.0 Å². The number of rotatable bonds is 4. The Morgan fingerprint density at radius 3 is 2.30 bits per heavy atom. The van der Waals surface area contributed by atoms with Crippen LogP contribution in [0.4, 0.5) is 0 Å². The lowest BCUT2D eigenvalue weighted by atomic mass is 10.1. The smallest absolute Gasteiger partial charge is 0.289 e. The van der Waals surface area contributed by atoms with Gasteiger partial charge in [-0.15, -0.1) is 0 Å². The lowest BCUT2D eigenvalue weighted by Crippen LogP contribution is -2.48. The molecule has 0 saturated carbocycles. The van der Waals surface area contributed by atoms with Gasteiger partial charge < -0.3 is 15.1 Å². The van der Waals surface area contributed by atoms with E-state index in [0.717, 1.165) is 25.2 Å². The van der Waals surface area contributed by atoms with E-state index in [1.165, 1.54) is 6.26 Å². The molecule has 6 nitrogen and oxygen atoms in total. The zero-order chi connectivity index (χ0) is 16.2. The van der Waals surface area contributed by atoms with Gasteiger partial charge in [0.25, 0.3) is 5.91 Å². The number of primary amides is 1. The average molecular weight is 313 g/mol. The number of nitrogens with zero attached hydrogens (tertiary/aromatic N) is 2. The molecule has 3 rings (SSSR count). The minimum absolute atomic E-state index is 0.0551. The molecule has 0 unspecified atom stereocenters. The van der Waals surface area contributed by atoms with Gasteiger partial charge in [0.1, 0.15) is 0 Å². The van der Waals surface area contributed by atoms with Crippen LogP contribution >= 0.6 is 0 Å². The van der Waals surface area contributed by atoms with Crippen LogP contribution < -0.4 is 5.73 Å². The van der Waals surface area contributed by atoms with Crippen molar-refractivity contribution in [3.05, 3.63) is 59.5 Å². The van der Waals surface area contributed by atoms with Gasteiger partial charge in [-0.05, 0) is 29.8 Å². The van der Waals surface area contributed by atoms with E-state index in [-0.39, 0.29) is 5.91 Å². The number of hydrogen-bond donors (Lipinski definition) is 1. The first-order valence-corrected chi connectivity index (χ1v) is 7.57. The maximum Gasteiger partial charge on any atom is 0.289 e. The lowest BCUT2D eigenvalue weighted by Gasteiger charge is -2.34. The highest BCUT2D eigenvalue weighted by Gasteiger charge is 2.23. The molecule has 2 aromatic rings. The normalized spacial score (nSPS) is 15.6. The minimum Gasteiger partial charge on any atom is -0.459 e. The second kappa shape index (κ2) is 6.66. The molecule has 2 heterocycles. The Morgan fingerprint density at radius 2 is 1.74 bits per heavy atom. The van der Waals surface area contributed by atoms with Gasteiger partial charge in [0.2, 0.25) is 5.91 Å². The molecule has 2 N–H and O–H groups in total. The van der Waals surface area contributed by atoms with Crippen LogP contribution in [0, 0.1) is 0 Å². The van der Waals surface area contributed by atoms with Crippen molar-refractivity contribution in [1.82, 2.24) is 9.80 Å². The van der Waals surface area contributed by atoms with Crippen molar-refractivity contribution in [2.24, 2.45) is 5.73 Å². The highest BCUT2D eigenvalue weighted by Crippen LogP contribution is 2.12. The predicted molar refractivity (Wildman–Crippen MR) is 84.8 cm³/mol. The summed E-state index contributed by atoms with van der Waals surface area (Å²) in [5.41, 5.74) is 6.88. The summed E-state index contributed by atoms with van der Waals surface area (Å²) in [7, 11) is 0. The number of hydrogen-bond acceptors (Lipinski definition) is 4. The minimum atomic E-state index is -0.415. The largest absolute Gasteiger partial charge is 0.459 e. The van der Waals surface area contributed by atoms with Crippen molar-refractivity contribution >= 4 is 11.8 Å². The molecule has 6 heteroatoms. The Bertz CT molecular complexity index is 672. The van der Waals surface area contributed by atoms with Crippen LogP contribution in [0.15, 0.2) is 47.1 Å². The van der Waals surface area contributed by atoms with Crippen LogP contribution in [-0.2, 0) is 6.54 Å². The van der Waals surface area contributed by atoms with Gasteiger partial charge >= 0.3 is 0 Å². The first-order chi connectivity index (χ1) is 11.1. The van der Waals surface area contributed by atoms with Crippen molar-refractivity contribution in [3.8, 4) is 0 Å². The molecular formula is C17H19N3O3. The molecule has 1 aliphatic heterocycles. The molecular weight excluding hydrogens is 294 g/mol. The van der Waals surface area contributed by atoms with Gasteiger partial charge in [-0.1, -0.05) is 12.1 Å². The molecule has 0 bridgehead atoms. The van der Waals surface area contributed by atoms with Crippen LogP contribution in [0.1, 0.15) is 26.5 Å². The van der Waals surface area contributed by atoms with Gasteiger partial charge in [-0.25, -0.2) is 0 Å². The van der Waals surface area contributed by atoms with Crippen LogP contribution in [-0.4, -0.2) is 47.8 Å². The summed E-state index contributed by atoms with van der Waals surface area (Å²) >= 11 is 0. The van der Waals surface area contributed by atoms with E-state index in [1.54, 1.807) is 24.3 Å². The first kappa shape index (κ1) is 15.3. The van der Waals surface area contributed by atoms with E-state index >= 15 is 0 Å². The monoisotopic (exact) mass is 313 g/mol. The Kier molecular flexibility index (Phi) is 4.43. The quantitative estimate of drug-likeness (QED) is 0.923. The van der Waals surface area contributed by atoms with E-state index < -0.39 is 5.91 Å². The average Bonchev–Trinajstić information content (AvgIpc) is 3.10. The Hall–Kier alpha value is -2.60. The van der Waals surface area contributed by atoms with E-state index in [2.05, 4.69) is 4.90 Å².